The van der Waals surface area contributed by atoms with Crippen LogP contribution in [-0.2, 0) is 0 Å². The summed E-state index contributed by atoms with van der Waals surface area (Å²) in [5.74, 6) is -0.666. The molecule has 0 fully saturated rings. The summed E-state index contributed by atoms with van der Waals surface area (Å²) in [6.45, 7) is 1.97. The van der Waals surface area contributed by atoms with Crippen LogP contribution in [-0.4, -0.2) is 36.4 Å². The highest BCUT2D eigenvalue weighted by atomic mass is 16.6. The third-order valence-electron chi connectivity index (χ3n) is 2.83. The lowest BCUT2D eigenvalue weighted by atomic mass is 10.1. The van der Waals surface area contributed by atoms with Crippen LogP contribution in [0.3, 0.4) is 0 Å². The zero-order chi connectivity index (χ0) is 15.3. The highest BCUT2D eigenvalue weighted by Crippen LogP contribution is 2.23. The third-order valence-corrected chi connectivity index (χ3v) is 2.83. The van der Waals surface area contributed by atoms with Crippen molar-refractivity contribution in [3.05, 3.63) is 33.9 Å². The summed E-state index contributed by atoms with van der Waals surface area (Å²) < 4.78 is 0. The summed E-state index contributed by atoms with van der Waals surface area (Å²) >= 11 is 0. The molecule has 0 aliphatic carbocycles. The van der Waals surface area contributed by atoms with Gasteiger partial charge in [-0.3, -0.25) is 14.9 Å². The van der Waals surface area contributed by atoms with E-state index in [1.54, 1.807) is 21.0 Å². The van der Waals surface area contributed by atoms with Crippen molar-refractivity contribution in [2.24, 2.45) is 5.92 Å². The van der Waals surface area contributed by atoms with Crippen molar-refractivity contribution in [2.75, 3.05) is 26.0 Å². The van der Waals surface area contributed by atoms with Crippen molar-refractivity contribution >= 4 is 17.3 Å². The number of hydrogen-bond donors (Lipinski definition) is 1. The number of nitrogens with zero attached hydrogens (tertiary/aromatic N) is 3. The minimum atomic E-state index is -0.547. The molecule has 0 aliphatic heterocycles. The average molecular weight is 276 g/mol. The van der Waals surface area contributed by atoms with E-state index in [0.717, 1.165) is 0 Å². The molecule has 1 unspecified atom stereocenters. The number of carbonyl (C=O) groups excluding carboxylic acids is 1. The molecule has 1 amide bonds. The summed E-state index contributed by atoms with van der Waals surface area (Å²) in [5, 5.41) is 22.4. The molecule has 1 aromatic rings. The minimum absolute atomic E-state index is 0.144. The SMILES string of the molecule is CNc1ccc([N+](=O)[O-])cc1C(=O)N(C)CC(C)C#N. The summed E-state index contributed by atoms with van der Waals surface area (Å²) in [6.07, 6.45) is 0. The molecule has 1 aromatic carbocycles. The Bertz CT molecular complexity index is 565. The van der Waals surface area contributed by atoms with Gasteiger partial charge in [0.25, 0.3) is 11.6 Å². The van der Waals surface area contributed by atoms with Crippen LogP contribution in [0.5, 0.6) is 0 Å². The van der Waals surface area contributed by atoms with E-state index >= 15 is 0 Å². The van der Waals surface area contributed by atoms with Crippen LogP contribution in [0.1, 0.15) is 17.3 Å². The van der Waals surface area contributed by atoms with Gasteiger partial charge in [-0.05, 0) is 13.0 Å². The van der Waals surface area contributed by atoms with Crippen molar-refractivity contribution in [1.29, 1.82) is 5.26 Å². The van der Waals surface area contributed by atoms with Crippen LogP contribution in [0.2, 0.25) is 0 Å². The quantitative estimate of drug-likeness (QED) is 0.653. The van der Waals surface area contributed by atoms with Crippen molar-refractivity contribution < 1.29 is 9.72 Å². The lowest BCUT2D eigenvalue weighted by Crippen LogP contribution is -2.31. The van der Waals surface area contributed by atoms with E-state index in [2.05, 4.69) is 5.32 Å². The van der Waals surface area contributed by atoms with Gasteiger partial charge < -0.3 is 10.2 Å². The first kappa shape index (κ1) is 15.4. The summed E-state index contributed by atoms with van der Waals surface area (Å²) in [7, 11) is 3.20. The Hall–Kier alpha value is -2.62. The summed E-state index contributed by atoms with van der Waals surface area (Å²) in [5.41, 5.74) is 0.584. The van der Waals surface area contributed by atoms with Crippen LogP contribution in [0.25, 0.3) is 0 Å². The van der Waals surface area contributed by atoms with Gasteiger partial charge in [-0.2, -0.15) is 5.26 Å². The minimum Gasteiger partial charge on any atom is -0.387 e. The first-order valence-corrected chi connectivity index (χ1v) is 6.02. The van der Waals surface area contributed by atoms with E-state index in [1.807, 2.05) is 6.07 Å². The van der Waals surface area contributed by atoms with Crippen LogP contribution in [0, 0.1) is 27.4 Å². The lowest BCUT2D eigenvalue weighted by Gasteiger charge is -2.19. The molecule has 0 aliphatic rings. The molecule has 0 heterocycles. The van der Waals surface area contributed by atoms with Crippen LogP contribution in [0.4, 0.5) is 11.4 Å². The highest BCUT2D eigenvalue weighted by Gasteiger charge is 2.20. The van der Waals surface area contributed by atoms with Crippen molar-refractivity contribution in [1.82, 2.24) is 4.90 Å². The molecule has 0 radical (unpaired) electrons. The summed E-state index contributed by atoms with van der Waals surface area (Å²) in [6, 6.07) is 6.11. The number of nitro benzene ring substituents is 1. The van der Waals surface area contributed by atoms with Gasteiger partial charge in [-0.15, -0.1) is 0 Å². The second-order valence-electron chi connectivity index (χ2n) is 4.45. The molecule has 106 valence electrons. The highest BCUT2D eigenvalue weighted by molar-refractivity contribution is 6.00. The molecular weight excluding hydrogens is 260 g/mol. The normalized spacial score (nSPS) is 11.3. The maximum absolute atomic E-state index is 12.3. The predicted octanol–water partition coefficient (Wildman–Crippen LogP) is 1.87. The standard InChI is InChI=1S/C13H16N4O3/c1-9(7-14)8-16(3)13(18)11-6-10(17(19)20)4-5-12(11)15-2/h4-6,9,15H,8H2,1-3H3. The van der Waals surface area contributed by atoms with Crippen LogP contribution in [0.15, 0.2) is 18.2 Å². The smallest absolute Gasteiger partial charge is 0.270 e. The Morgan fingerprint density at radius 2 is 2.25 bits per heavy atom. The van der Waals surface area contributed by atoms with E-state index in [4.69, 9.17) is 5.26 Å². The molecule has 0 saturated carbocycles. The molecule has 1 rings (SSSR count). The molecular formula is C13H16N4O3. The molecule has 1 N–H and O–H groups in total. The zero-order valence-electron chi connectivity index (χ0n) is 11.6. The average Bonchev–Trinajstić information content (AvgIpc) is 2.45. The van der Waals surface area contributed by atoms with Gasteiger partial charge in [0.05, 0.1) is 22.5 Å². The number of amides is 1. The van der Waals surface area contributed by atoms with Gasteiger partial charge in [0, 0.05) is 38.5 Å². The van der Waals surface area contributed by atoms with E-state index in [-0.39, 0.29) is 29.6 Å². The molecule has 0 bridgehead atoms. The zero-order valence-corrected chi connectivity index (χ0v) is 11.6. The van der Waals surface area contributed by atoms with E-state index in [0.29, 0.717) is 5.69 Å². The topological polar surface area (TPSA) is 99.3 Å². The van der Waals surface area contributed by atoms with E-state index in [1.165, 1.54) is 23.1 Å². The van der Waals surface area contributed by atoms with Crippen molar-refractivity contribution in [3.63, 3.8) is 0 Å². The molecule has 20 heavy (non-hydrogen) atoms. The summed E-state index contributed by atoms with van der Waals surface area (Å²) in [4.78, 5) is 23.9. The van der Waals surface area contributed by atoms with E-state index in [9.17, 15) is 14.9 Å². The Balaban J connectivity index is 3.10. The van der Waals surface area contributed by atoms with Gasteiger partial charge in [-0.25, -0.2) is 0 Å². The first-order valence-electron chi connectivity index (χ1n) is 6.02. The fraction of sp³-hybridized carbons (Fsp3) is 0.385. The number of anilines is 1. The number of carbonyl (C=O) groups is 1. The van der Waals surface area contributed by atoms with Gasteiger partial charge >= 0.3 is 0 Å². The first-order chi connectivity index (χ1) is 9.40. The Labute approximate surface area is 117 Å². The number of nitriles is 1. The molecule has 7 heteroatoms. The molecule has 7 nitrogen and oxygen atoms in total. The van der Waals surface area contributed by atoms with Crippen molar-refractivity contribution in [3.8, 4) is 6.07 Å². The van der Waals surface area contributed by atoms with Gasteiger partial charge in [-0.1, -0.05) is 0 Å². The largest absolute Gasteiger partial charge is 0.387 e. The van der Waals surface area contributed by atoms with Crippen LogP contribution >= 0.6 is 0 Å². The Morgan fingerprint density at radius 3 is 2.75 bits per heavy atom. The molecule has 0 aromatic heterocycles. The fourth-order valence-electron chi connectivity index (χ4n) is 1.78. The number of non-ortho nitro benzene ring substituents is 1. The third kappa shape index (κ3) is 3.45. The number of rotatable bonds is 5. The molecule has 0 saturated heterocycles. The predicted molar refractivity (Wildman–Crippen MR) is 74.4 cm³/mol. The molecule has 0 spiro atoms. The monoisotopic (exact) mass is 276 g/mol. The lowest BCUT2D eigenvalue weighted by molar-refractivity contribution is -0.384. The Morgan fingerprint density at radius 1 is 1.60 bits per heavy atom. The molecule has 1 atom stereocenters. The number of nitro groups is 1. The van der Waals surface area contributed by atoms with Gasteiger partial charge in [0.15, 0.2) is 0 Å². The van der Waals surface area contributed by atoms with E-state index < -0.39 is 4.92 Å². The van der Waals surface area contributed by atoms with Gasteiger partial charge in [0.1, 0.15) is 0 Å². The van der Waals surface area contributed by atoms with Crippen molar-refractivity contribution in [2.45, 2.75) is 6.92 Å². The Kier molecular flexibility index (Phi) is 5.03. The maximum atomic E-state index is 12.3. The number of hydrogen-bond acceptors (Lipinski definition) is 5. The number of benzene rings is 1. The van der Waals surface area contributed by atoms with Crippen LogP contribution < -0.4 is 5.32 Å². The van der Waals surface area contributed by atoms with Gasteiger partial charge in [0.2, 0.25) is 0 Å². The maximum Gasteiger partial charge on any atom is 0.270 e. The second kappa shape index (κ2) is 6.52. The number of nitrogens with one attached hydrogen (secondary N) is 1. The second-order valence-corrected chi connectivity index (χ2v) is 4.45. The fourth-order valence-corrected chi connectivity index (χ4v) is 1.78.